The van der Waals surface area contributed by atoms with Gasteiger partial charge in [-0.25, -0.2) is 4.98 Å². The number of anilines is 1. The van der Waals surface area contributed by atoms with E-state index in [-0.39, 0.29) is 16.9 Å². The summed E-state index contributed by atoms with van der Waals surface area (Å²) in [5.74, 6) is 0.0593. The predicted molar refractivity (Wildman–Crippen MR) is 102 cm³/mol. The molecule has 0 saturated heterocycles. The molecule has 1 aliphatic rings. The number of hydrogen-bond donors (Lipinski definition) is 0. The number of thioether (sulfide) groups is 1. The summed E-state index contributed by atoms with van der Waals surface area (Å²) in [5.41, 5.74) is 4.12. The van der Waals surface area contributed by atoms with Gasteiger partial charge >= 0.3 is 0 Å². The zero-order chi connectivity index (χ0) is 18.3. The third-order valence-electron chi connectivity index (χ3n) is 4.56. The van der Waals surface area contributed by atoms with Crippen LogP contribution in [0, 0.1) is 0 Å². The number of hydrogen-bond acceptors (Lipinski definition) is 5. The fraction of sp³-hybridized carbons (Fsp3) is 0.250. The highest BCUT2D eigenvalue weighted by atomic mass is 32.2. The van der Waals surface area contributed by atoms with Crippen LogP contribution in [0.3, 0.4) is 0 Å². The summed E-state index contributed by atoms with van der Waals surface area (Å²) in [6, 6.07) is 13.1. The topological polar surface area (TPSA) is 63.4 Å². The van der Waals surface area contributed by atoms with Crippen LogP contribution in [0.15, 0.2) is 52.1 Å². The van der Waals surface area contributed by atoms with Gasteiger partial charge in [0.25, 0.3) is 5.22 Å². The third-order valence-corrected chi connectivity index (χ3v) is 5.50. The van der Waals surface area contributed by atoms with Crippen LogP contribution in [0.4, 0.5) is 5.69 Å². The van der Waals surface area contributed by atoms with E-state index in [0.29, 0.717) is 17.3 Å². The van der Waals surface area contributed by atoms with Crippen LogP contribution in [-0.4, -0.2) is 28.5 Å². The molecule has 3 aromatic rings. The summed E-state index contributed by atoms with van der Waals surface area (Å²) in [7, 11) is 0. The lowest BCUT2D eigenvalue weighted by Gasteiger charge is -2.15. The Balaban J connectivity index is 1.53. The van der Waals surface area contributed by atoms with Gasteiger partial charge in [0.1, 0.15) is 5.52 Å². The van der Waals surface area contributed by atoms with Crippen LogP contribution in [0.25, 0.3) is 11.1 Å². The summed E-state index contributed by atoms with van der Waals surface area (Å²) in [5, 5.41) is 0.183. The monoisotopic (exact) mass is 366 g/mol. The highest BCUT2D eigenvalue weighted by Gasteiger charge is 2.25. The van der Waals surface area contributed by atoms with Crippen LogP contribution >= 0.6 is 11.8 Å². The third kappa shape index (κ3) is 3.01. The molecule has 5 nitrogen and oxygen atoms in total. The minimum absolute atomic E-state index is 0.0290. The molecule has 26 heavy (non-hydrogen) atoms. The Bertz CT molecular complexity index is 978. The van der Waals surface area contributed by atoms with Crippen molar-refractivity contribution < 1.29 is 14.0 Å². The van der Waals surface area contributed by atoms with E-state index in [1.54, 1.807) is 17.9 Å². The smallest absolute Gasteiger partial charge is 0.257 e. The maximum atomic E-state index is 12.8. The minimum atomic E-state index is -0.313. The Hall–Kier alpha value is -2.60. The van der Waals surface area contributed by atoms with Gasteiger partial charge in [-0.3, -0.25) is 9.59 Å². The van der Waals surface area contributed by atoms with E-state index in [1.807, 2.05) is 43.3 Å². The van der Waals surface area contributed by atoms with Gasteiger partial charge in [0.05, 0.1) is 5.25 Å². The first-order chi connectivity index (χ1) is 12.5. The van der Waals surface area contributed by atoms with Gasteiger partial charge in [0, 0.05) is 24.7 Å². The second-order valence-electron chi connectivity index (χ2n) is 6.34. The number of carbonyl (C=O) groups is 2. The second kappa shape index (κ2) is 6.61. The van der Waals surface area contributed by atoms with E-state index in [0.717, 1.165) is 28.8 Å². The Morgan fingerprint density at radius 2 is 2.04 bits per heavy atom. The predicted octanol–water partition coefficient (Wildman–Crippen LogP) is 4.10. The zero-order valence-corrected chi connectivity index (χ0v) is 15.4. The molecule has 4 rings (SSSR count). The Kier molecular flexibility index (Phi) is 4.28. The summed E-state index contributed by atoms with van der Waals surface area (Å²) < 4.78 is 5.69. The average molecular weight is 366 g/mol. The molecule has 2 heterocycles. The molecule has 1 aromatic heterocycles. The van der Waals surface area contributed by atoms with Crippen molar-refractivity contribution in [3.05, 3.63) is 53.6 Å². The first-order valence-electron chi connectivity index (χ1n) is 8.50. The summed E-state index contributed by atoms with van der Waals surface area (Å²) in [6.45, 7) is 4.10. The Morgan fingerprint density at radius 1 is 1.23 bits per heavy atom. The number of para-hydroxylation sites is 2. The van der Waals surface area contributed by atoms with Gasteiger partial charge in [-0.05, 0) is 49.2 Å². The average Bonchev–Trinajstić information content (AvgIpc) is 3.23. The second-order valence-corrected chi connectivity index (χ2v) is 7.63. The van der Waals surface area contributed by atoms with Crippen LogP contribution in [0.2, 0.25) is 0 Å². The molecule has 1 atom stereocenters. The van der Waals surface area contributed by atoms with Crippen molar-refractivity contribution in [1.82, 2.24) is 4.98 Å². The normalized spacial score (nSPS) is 14.5. The molecule has 0 aliphatic carbocycles. The van der Waals surface area contributed by atoms with Crippen molar-refractivity contribution >= 4 is 40.2 Å². The van der Waals surface area contributed by atoms with Crippen LogP contribution in [-0.2, 0) is 11.2 Å². The molecule has 0 fully saturated rings. The first-order valence-corrected chi connectivity index (χ1v) is 9.38. The summed E-state index contributed by atoms with van der Waals surface area (Å²) in [6.07, 6.45) is 0.780. The SMILES string of the molecule is CC(=O)N1CCc2cc(C(=O)[C@H](C)Sc3nc4ccccc4o3)ccc21. The maximum absolute atomic E-state index is 12.8. The number of aromatic nitrogens is 1. The maximum Gasteiger partial charge on any atom is 0.257 e. The molecular weight excluding hydrogens is 348 g/mol. The molecule has 2 aromatic carbocycles. The highest BCUT2D eigenvalue weighted by Crippen LogP contribution is 2.32. The quantitative estimate of drug-likeness (QED) is 0.514. The molecule has 0 bridgehead atoms. The van der Waals surface area contributed by atoms with Crippen molar-refractivity contribution in [1.29, 1.82) is 0 Å². The first kappa shape index (κ1) is 16.8. The fourth-order valence-electron chi connectivity index (χ4n) is 3.22. The van der Waals surface area contributed by atoms with E-state index >= 15 is 0 Å². The molecule has 132 valence electrons. The number of fused-ring (bicyclic) bond motifs is 2. The van der Waals surface area contributed by atoms with Gasteiger partial charge < -0.3 is 9.32 Å². The minimum Gasteiger partial charge on any atom is -0.431 e. The van der Waals surface area contributed by atoms with E-state index in [4.69, 9.17) is 4.42 Å². The number of ketones is 1. The number of rotatable bonds is 4. The molecule has 0 spiro atoms. The molecule has 0 N–H and O–H groups in total. The lowest BCUT2D eigenvalue weighted by molar-refractivity contribution is -0.116. The van der Waals surface area contributed by atoms with Crippen molar-refractivity contribution in [2.45, 2.75) is 30.7 Å². The van der Waals surface area contributed by atoms with E-state index in [2.05, 4.69) is 4.98 Å². The van der Waals surface area contributed by atoms with Gasteiger partial charge in [-0.2, -0.15) is 0 Å². The Morgan fingerprint density at radius 3 is 2.81 bits per heavy atom. The number of benzene rings is 2. The lowest BCUT2D eigenvalue weighted by Crippen LogP contribution is -2.25. The zero-order valence-electron chi connectivity index (χ0n) is 14.6. The largest absolute Gasteiger partial charge is 0.431 e. The standard InChI is InChI=1S/C20H18N2O3S/c1-12(26-20-21-16-5-3-4-6-18(16)25-20)19(24)15-7-8-17-14(11-15)9-10-22(17)13(2)23/h3-8,11-12H,9-10H2,1-2H3/t12-/m0/s1. The highest BCUT2D eigenvalue weighted by molar-refractivity contribution is 8.00. The number of carbonyl (C=O) groups excluding carboxylic acids is 2. The number of oxazole rings is 1. The van der Waals surface area contributed by atoms with Crippen molar-refractivity contribution in [2.75, 3.05) is 11.4 Å². The molecule has 6 heteroatoms. The van der Waals surface area contributed by atoms with Crippen LogP contribution < -0.4 is 4.90 Å². The van der Waals surface area contributed by atoms with Gasteiger partial charge in [0.2, 0.25) is 5.91 Å². The number of amides is 1. The van der Waals surface area contributed by atoms with Crippen molar-refractivity contribution in [3.8, 4) is 0 Å². The molecule has 0 unspecified atom stereocenters. The van der Waals surface area contributed by atoms with Gasteiger partial charge in [-0.15, -0.1) is 0 Å². The fourth-order valence-corrected chi connectivity index (χ4v) is 4.06. The molecule has 1 amide bonds. The van der Waals surface area contributed by atoms with Crippen LogP contribution in [0.5, 0.6) is 0 Å². The van der Waals surface area contributed by atoms with Crippen molar-refractivity contribution in [3.63, 3.8) is 0 Å². The number of Topliss-reactive ketones (excluding diaryl/α,β-unsaturated/α-hetero) is 1. The number of nitrogens with zero attached hydrogens (tertiary/aromatic N) is 2. The van der Waals surface area contributed by atoms with Crippen molar-refractivity contribution in [2.24, 2.45) is 0 Å². The van der Waals surface area contributed by atoms with Gasteiger partial charge in [0.15, 0.2) is 11.4 Å². The van der Waals surface area contributed by atoms with Gasteiger partial charge in [-0.1, -0.05) is 23.9 Å². The van der Waals surface area contributed by atoms with E-state index in [9.17, 15) is 9.59 Å². The molecule has 1 aliphatic heterocycles. The van der Waals surface area contributed by atoms with Crippen LogP contribution in [0.1, 0.15) is 29.8 Å². The molecule has 0 saturated carbocycles. The lowest BCUT2D eigenvalue weighted by atomic mass is 10.0. The molecule has 0 radical (unpaired) electrons. The summed E-state index contributed by atoms with van der Waals surface area (Å²) >= 11 is 1.32. The Labute approximate surface area is 155 Å². The van der Waals surface area contributed by atoms with E-state index < -0.39 is 0 Å². The summed E-state index contributed by atoms with van der Waals surface area (Å²) in [4.78, 5) is 30.6. The van der Waals surface area contributed by atoms with E-state index in [1.165, 1.54) is 11.8 Å². The molecular formula is C20H18N2O3S.